The molecule has 1 saturated heterocycles. The van der Waals surface area contributed by atoms with Gasteiger partial charge in [-0.05, 0) is 37.3 Å². The summed E-state index contributed by atoms with van der Waals surface area (Å²) in [4.78, 5) is 27.3. The summed E-state index contributed by atoms with van der Waals surface area (Å²) in [6.45, 7) is 2.44. The lowest BCUT2D eigenvalue weighted by Gasteiger charge is -2.33. The maximum absolute atomic E-state index is 12.6. The van der Waals surface area contributed by atoms with Gasteiger partial charge in [0.1, 0.15) is 5.82 Å². The molecular weight excluding hydrogens is 426 g/mol. The Morgan fingerprint density at radius 2 is 1.78 bits per heavy atom. The molecule has 1 aliphatic carbocycles. The summed E-state index contributed by atoms with van der Waals surface area (Å²) in [5, 5.41) is 11.2. The van der Waals surface area contributed by atoms with Gasteiger partial charge in [-0.1, -0.05) is 49.1 Å². The smallest absolute Gasteiger partial charge is 0.239 e. The van der Waals surface area contributed by atoms with E-state index >= 15 is 0 Å². The average molecular weight is 458 g/mol. The van der Waals surface area contributed by atoms with E-state index in [1.54, 1.807) is 16.9 Å². The molecule has 0 unspecified atom stereocenters. The first-order valence-corrected chi connectivity index (χ1v) is 12.0. The van der Waals surface area contributed by atoms with Gasteiger partial charge in [0.25, 0.3) is 0 Å². The van der Waals surface area contributed by atoms with Gasteiger partial charge in [-0.25, -0.2) is 4.68 Å². The Kier molecular flexibility index (Phi) is 7.81. The van der Waals surface area contributed by atoms with E-state index in [0.29, 0.717) is 23.9 Å². The maximum atomic E-state index is 12.6. The number of anilines is 1. The quantitative estimate of drug-likeness (QED) is 0.664. The highest BCUT2D eigenvalue weighted by Crippen LogP contribution is 2.24. The monoisotopic (exact) mass is 457 g/mol. The number of amides is 2. The fourth-order valence-corrected chi connectivity index (χ4v) is 4.85. The number of benzene rings is 1. The Bertz CT molecular complexity index is 917. The van der Waals surface area contributed by atoms with Crippen LogP contribution < -0.4 is 10.6 Å². The van der Waals surface area contributed by atoms with Gasteiger partial charge in [0.05, 0.1) is 19.3 Å². The predicted octanol–water partition coefficient (Wildman–Crippen LogP) is 3.68. The molecule has 1 aliphatic heterocycles. The lowest BCUT2D eigenvalue weighted by molar-refractivity contribution is -0.127. The molecule has 32 heavy (non-hydrogen) atoms. The van der Waals surface area contributed by atoms with Crippen LogP contribution in [0.15, 0.2) is 36.5 Å². The first-order chi connectivity index (χ1) is 15.6. The molecule has 1 aromatic heterocycles. The number of nitrogens with one attached hydrogen (secondary N) is 2. The zero-order valence-electron chi connectivity index (χ0n) is 18.4. The van der Waals surface area contributed by atoms with Gasteiger partial charge in [-0.2, -0.15) is 5.10 Å². The van der Waals surface area contributed by atoms with E-state index in [1.165, 1.54) is 19.3 Å². The second kappa shape index (κ2) is 11.0. The normalized spacial score (nSPS) is 18.4. The zero-order chi connectivity index (χ0) is 22.3. The summed E-state index contributed by atoms with van der Waals surface area (Å²) < 4.78 is 1.74. The Balaban J connectivity index is 1.22. The number of aromatic nitrogens is 2. The highest BCUT2D eigenvalue weighted by molar-refractivity contribution is 6.31. The first-order valence-electron chi connectivity index (χ1n) is 11.7. The predicted molar refractivity (Wildman–Crippen MR) is 126 cm³/mol. The van der Waals surface area contributed by atoms with E-state index in [0.717, 1.165) is 44.3 Å². The molecular formula is C24H32ClN5O2. The van der Waals surface area contributed by atoms with Crippen LogP contribution in [0.3, 0.4) is 0 Å². The Morgan fingerprint density at radius 1 is 1.03 bits per heavy atom. The van der Waals surface area contributed by atoms with E-state index in [9.17, 15) is 9.59 Å². The number of hydrogen-bond donors (Lipinski definition) is 2. The first kappa shape index (κ1) is 22.8. The van der Waals surface area contributed by atoms with E-state index in [2.05, 4.69) is 20.6 Å². The molecule has 172 valence electrons. The molecule has 8 heteroatoms. The van der Waals surface area contributed by atoms with Crippen LogP contribution >= 0.6 is 11.6 Å². The van der Waals surface area contributed by atoms with Crippen molar-refractivity contribution in [3.05, 3.63) is 47.1 Å². The van der Waals surface area contributed by atoms with Gasteiger partial charge in [0, 0.05) is 36.1 Å². The molecule has 2 heterocycles. The van der Waals surface area contributed by atoms with Gasteiger partial charge < -0.3 is 10.6 Å². The van der Waals surface area contributed by atoms with Gasteiger partial charge in [-0.15, -0.1) is 0 Å². The summed E-state index contributed by atoms with van der Waals surface area (Å²) in [5.74, 6) is 1.02. The van der Waals surface area contributed by atoms with Crippen LogP contribution in [0.25, 0.3) is 0 Å². The lowest BCUT2D eigenvalue weighted by atomic mass is 9.88. The third kappa shape index (κ3) is 6.11. The highest BCUT2D eigenvalue weighted by atomic mass is 35.5. The van der Waals surface area contributed by atoms with E-state index in [4.69, 9.17) is 11.6 Å². The summed E-state index contributed by atoms with van der Waals surface area (Å²) in [6.07, 6.45) is 9.09. The maximum Gasteiger partial charge on any atom is 0.239 e. The molecule has 0 radical (unpaired) electrons. The standard InChI is InChI=1S/C24H32ClN5O2/c25-21-9-5-4-8-19(21)16-30-22(10-13-26-30)28-23(31)17-29-14-11-20(12-15-29)27-24(32)18-6-2-1-3-7-18/h4-5,8-10,13,18,20H,1-3,6-7,11-12,14-17H2,(H,27,32)(H,28,31). The SMILES string of the molecule is O=C(CN1CCC(NC(=O)C2CCCCC2)CC1)Nc1ccnn1Cc1ccccc1Cl. The van der Waals surface area contributed by atoms with Crippen molar-refractivity contribution in [1.29, 1.82) is 0 Å². The van der Waals surface area contributed by atoms with E-state index in [1.807, 2.05) is 24.3 Å². The van der Waals surface area contributed by atoms with Crippen molar-refractivity contribution in [2.75, 3.05) is 25.0 Å². The van der Waals surface area contributed by atoms with E-state index < -0.39 is 0 Å². The van der Waals surface area contributed by atoms with Crippen molar-refractivity contribution in [2.45, 2.75) is 57.5 Å². The molecule has 4 rings (SSSR count). The summed E-state index contributed by atoms with van der Waals surface area (Å²) >= 11 is 6.25. The third-order valence-electron chi connectivity index (χ3n) is 6.54. The lowest BCUT2D eigenvalue weighted by Crippen LogP contribution is -2.48. The van der Waals surface area contributed by atoms with Crippen LogP contribution in [-0.4, -0.2) is 52.2 Å². The molecule has 2 N–H and O–H groups in total. The van der Waals surface area contributed by atoms with Crippen molar-refractivity contribution in [2.24, 2.45) is 5.92 Å². The number of piperidine rings is 1. The number of halogens is 1. The van der Waals surface area contributed by atoms with Gasteiger partial charge in [-0.3, -0.25) is 14.5 Å². The topological polar surface area (TPSA) is 79.3 Å². The van der Waals surface area contributed by atoms with E-state index in [-0.39, 0.29) is 23.8 Å². The van der Waals surface area contributed by atoms with Crippen molar-refractivity contribution in [3.63, 3.8) is 0 Å². The molecule has 0 bridgehead atoms. The summed E-state index contributed by atoms with van der Waals surface area (Å²) in [5.41, 5.74) is 0.950. The molecule has 2 aromatic rings. The molecule has 0 spiro atoms. The molecule has 0 atom stereocenters. The molecule has 1 aromatic carbocycles. The number of carbonyl (C=O) groups is 2. The van der Waals surface area contributed by atoms with Crippen LogP contribution in [-0.2, 0) is 16.1 Å². The minimum Gasteiger partial charge on any atom is -0.353 e. The molecule has 7 nitrogen and oxygen atoms in total. The van der Waals surface area contributed by atoms with Gasteiger partial charge >= 0.3 is 0 Å². The van der Waals surface area contributed by atoms with Crippen molar-refractivity contribution in [1.82, 2.24) is 20.0 Å². The summed E-state index contributed by atoms with van der Waals surface area (Å²) in [7, 11) is 0. The number of hydrogen-bond acceptors (Lipinski definition) is 4. The molecule has 1 saturated carbocycles. The Hall–Kier alpha value is -2.38. The van der Waals surface area contributed by atoms with Gasteiger partial charge in [0.15, 0.2) is 0 Å². The number of carbonyl (C=O) groups excluding carboxylic acids is 2. The number of likely N-dealkylation sites (tertiary alicyclic amines) is 1. The largest absolute Gasteiger partial charge is 0.353 e. The summed E-state index contributed by atoms with van der Waals surface area (Å²) in [6, 6.07) is 9.64. The van der Waals surface area contributed by atoms with Crippen LogP contribution in [0.5, 0.6) is 0 Å². The minimum absolute atomic E-state index is 0.0596. The fourth-order valence-electron chi connectivity index (χ4n) is 4.66. The Labute approximate surface area is 194 Å². The third-order valence-corrected chi connectivity index (χ3v) is 6.91. The molecule has 2 amide bonds. The van der Waals surface area contributed by atoms with Crippen LogP contribution in [0.1, 0.15) is 50.5 Å². The fraction of sp³-hybridized carbons (Fsp3) is 0.542. The minimum atomic E-state index is -0.0596. The van der Waals surface area contributed by atoms with Crippen LogP contribution in [0, 0.1) is 5.92 Å². The van der Waals surface area contributed by atoms with Crippen LogP contribution in [0.4, 0.5) is 5.82 Å². The Morgan fingerprint density at radius 3 is 2.53 bits per heavy atom. The van der Waals surface area contributed by atoms with Crippen molar-refractivity contribution in [3.8, 4) is 0 Å². The average Bonchev–Trinajstić information content (AvgIpc) is 3.23. The van der Waals surface area contributed by atoms with Gasteiger partial charge in [0.2, 0.25) is 11.8 Å². The number of rotatable bonds is 7. The van der Waals surface area contributed by atoms with Crippen molar-refractivity contribution < 1.29 is 9.59 Å². The number of nitrogens with zero attached hydrogens (tertiary/aromatic N) is 3. The van der Waals surface area contributed by atoms with Crippen molar-refractivity contribution >= 4 is 29.2 Å². The second-order valence-corrected chi connectivity index (χ2v) is 9.31. The highest BCUT2D eigenvalue weighted by Gasteiger charge is 2.26. The second-order valence-electron chi connectivity index (χ2n) is 8.91. The van der Waals surface area contributed by atoms with Crippen LogP contribution in [0.2, 0.25) is 5.02 Å². The zero-order valence-corrected chi connectivity index (χ0v) is 19.2. The molecule has 2 fully saturated rings. The molecule has 2 aliphatic rings.